The van der Waals surface area contributed by atoms with Crippen molar-refractivity contribution in [3.05, 3.63) is 23.8 Å². The highest BCUT2D eigenvalue weighted by Crippen LogP contribution is 2.30. The van der Waals surface area contributed by atoms with Crippen molar-refractivity contribution in [2.45, 2.75) is 59.4 Å². The summed E-state index contributed by atoms with van der Waals surface area (Å²) < 4.78 is 34.7. The molecule has 0 bridgehead atoms. The SMILES string of the molecule is CCOc1cc(CN(C)C(C)C(=O)NC(C)(C)C)ccc1OC(F)F. The summed E-state index contributed by atoms with van der Waals surface area (Å²) in [6.07, 6.45) is 0. The normalized spacial score (nSPS) is 13.0. The van der Waals surface area contributed by atoms with E-state index in [1.54, 1.807) is 19.1 Å². The summed E-state index contributed by atoms with van der Waals surface area (Å²) in [5.41, 5.74) is 0.533. The summed E-state index contributed by atoms with van der Waals surface area (Å²) in [7, 11) is 1.83. The summed E-state index contributed by atoms with van der Waals surface area (Å²) in [6.45, 7) is 7.25. The first-order valence-corrected chi connectivity index (χ1v) is 8.26. The van der Waals surface area contributed by atoms with E-state index in [1.807, 2.05) is 39.6 Å². The quantitative estimate of drug-likeness (QED) is 0.774. The van der Waals surface area contributed by atoms with E-state index in [9.17, 15) is 13.6 Å². The molecule has 0 spiro atoms. The molecule has 1 unspecified atom stereocenters. The van der Waals surface area contributed by atoms with Gasteiger partial charge in [0.25, 0.3) is 0 Å². The van der Waals surface area contributed by atoms with Crippen molar-refractivity contribution in [1.29, 1.82) is 0 Å². The molecule has 142 valence electrons. The van der Waals surface area contributed by atoms with Crippen LogP contribution in [-0.4, -0.2) is 42.7 Å². The molecule has 1 aromatic carbocycles. The van der Waals surface area contributed by atoms with Gasteiger partial charge in [0.1, 0.15) is 0 Å². The fourth-order valence-electron chi connectivity index (χ4n) is 2.21. The Morgan fingerprint density at radius 1 is 1.28 bits per heavy atom. The van der Waals surface area contributed by atoms with Crippen molar-refractivity contribution in [1.82, 2.24) is 10.2 Å². The summed E-state index contributed by atoms with van der Waals surface area (Å²) in [5, 5.41) is 2.94. The van der Waals surface area contributed by atoms with Gasteiger partial charge in [-0.25, -0.2) is 0 Å². The highest BCUT2D eigenvalue weighted by molar-refractivity contribution is 5.81. The van der Waals surface area contributed by atoms with Gasteiger partial charge in [-0.3, -0.25) is 9.69 Å². The second-order valence-electron chi connectivity index (χ2n) is 6.92. The van der Waals surface area contributed by atoms with Crippen molar-refractivity contribution in [3.63, 3.8) is 0 Å². The molecule has 25 heavy (non-hydrogen) atoms. The Kier molecular flexibility index (Phi) is 7.60. The standard InChI is InChI=1S/C18H28F2N2O3/c1-7-24-15-10-13(8-9-14(15)25-17(19)20)11-22(6)12(2)16(23)21-18(3,4)5/h8-10,12,17H,7,11H2,1-6H3,(H,21,23). The monoisotopic (exact) mass is 358 g/mol. The first-order valence-electron chi connectivity index (χ1n) is 8.26. The number of ether oxygens (including phenoxy) is 2. The van der Waals surface area contributed by atoms with Crippen LogP contribution in [0.1, 0.15) is 40.2 Å². The van der Waals surface area contributed by atoms with E-state index in [0.717, 1.165) is 5.56 Å². The van der Waals surface area contributed by atoms with Crippen LogP contribution in [0.4, 0.5) is 8.78 Å². The Balaban J connectivity index is 2.84. The predicted molar refractivity (Wildman–Crippen MR) is 93.1 cm³/mol. The number of halogens is 2. The van der Waals surface area contributed by atoms with Crippen molar-refractivity contribution in [2.75, 3.05) is 13.7 Å². The van der Waals surface area contributed by atoms with Gasteiger partial charge in [0.05, 0.1) is 12.6 Å². The van der Waals surface area contributed by atoms with Gasteiger partial charge in [-0.05, 0) is 59.4 Å². The number of nitrogens with one attached hydrogen (secondary N) is 1. The number of hydrogen-bond donors (Lipinski definition) is 1. The van der Waals surface area contributed by atoms with Crippen molar-refractivity contribution >= 4 is 5.91 Å². The molecule has 1 amide bonds. The summed E-state index contributed by atoms with van der Waals surface area (Å²) >= 11 is 0. The average molecular weight is 358 g/mol. The number of nitrogens with zero attached hydrogens (tertiary/aromatic N) is 1. The minimum atomic E-state index is -2.91. The van der Waals surface area contributed by atoms with Gasteiger partial charge in [-0.15, -0.1) is 0 Å². The third kappa shape index (κ3) is 7.25. The molecule has 1 aromatic rings. The molecule has 0 aliphatic heterocycles. The number of hydrogen-bond acceptors (Lipinski definition) is 4. The van der Waals surface area contributed by atoms with Gasteiger partial charge >= 0.3 is 6.61 Å². The molecule has 0 saturated carbocycles. The Morgan fingerprint density at radius 3 is 2.44 bits per heavy atom. The maximum atomic E-state index is 12.5. The summed E-state index contributed by atoms with van der Waals surface area (Å²) in [5.74, 6) is 0.194. The molecule has 5 nitrogen and oxygen atoms in total. The maximum Gasteiger partial charge on any atom is 0.387 e. The third-order valence-corrected chi connectivity index (χ3v) is 3.49. The van der Waals surface area contributed by atoms with E-state index in [1.165, 1.54) is 6.07 Å². The Morgan fingerprint density at radius 2 is 1.92 bits per heavy atom. The molecule has 0 fully saturated rings. The van der Waals surface area contributed by atoms with Crippen LogP contribution >= 0.6 is 0 Å². The van der Waals surface area contributed by atoms with Gasteiger partial charge in [-0.2, -0.15) is 8.78 Å². The maximum absolute atomic E-state index is 12.5. The van der Waals surface area contributed by atoms with Gasteiger partial charge in [-0.1, -0.05) is 6.07 Å². The van der Waals surface area contributed by atoms with E-state index in [0.29, 0.717) is 13.2 Å². The zero-order valence-electron chi connectivity index (χ0n) is 15.7. The Labute approximate surface area is 148 Å². The van der Waals surface area contributed by atoms with Gasteiger partial charge in [0, 0.05) is 12.1 Å². The lowest BCUT2D eigenvalue weighted by Gasteiger charge is -2.28. The number of rotatable bonds is 8. The molecule has 0 aliphatic carbocycles. The molecule has 0 aliphatic rings. The van der Waals surface area contributed by atoms with Crippen LogP contribution in [0.3, 0.4) is 0 Å². The molecule has 0 aromatic heterocycles. The smallest absolute Gasteiger partial charge is 0.387 e. The zero-order chi connectivity index (χ0) is 19.2. The lowest BCUT2D eigenvalue weighted by Crippen LogP contribution is -2.49. The second kappa shape index (κ2) is 8.99. The van der Waals surface area contributed by atoms with Gasteiger partial charge in [0.15, 0.2) is 11.5 Å². The molecule has 0 radical (unpaired) electrons. The number of alkyl halides is 2. The first kappa shape index (κ1) is 21.2. The van der Waals surface area contributed by atoms with Crippen LogP contribution < -0.4 is 14.8 Å². The fourth-order valence-corrected chi connectivity index (χ4v) is 2.21. The first-order chi connectivity index (χ1) is 11.5. The Bertz CT molecular complexity index is 574. The largest absolute Gasteiger partial charge is 0.490 e. The second-order valence-corrected chi connectivity index (χ2v) is 6.92. The van der Waals surface area contributed by atoms with Crippen molar-refractivity contribution < 1.29 is 23.0 Å². The van der Waals surface area contributed by atoms with E-state index in [2.05, 4.69) is 10.1 Å². The highest BCUT2D eigenvalue weighted by Gasteiger charge is 2.23. The average Bonchev–Trinajstić information content (AvgIpc) is 2.47. The van der Waals surface area contributed by atoms with Gasteiger partial charge in [0.2, 0.25) is 5.91 Å². The molecular formula is C18H28F2N2O3. The minimum absolute atomic E-state index is 0.00165. The highest BCUT2D eigenvalue weighted by atomic mass is 19.3. The van der Waals surface area contributed by atoms with E-state index in [-0.39, 0.29) is 29.0 Å². The van der Waals surface area contributed by atoms with Crippen LogP contribution in [0.25, 0.3) is 0 Å². The Hall–Kier alpha value is -1.89. The number of amides is 1. The van der Waals surface area contributed by atoms with Crippen LogP contribution in [-0.2, 0) is 11.3 Å². The number of carbonyl (C=O) groups is 1. The van der Waals surface area contributed by atoms with Crippen LogP contribution in [0, 0.1) is 0 Å². The lowest BCUT2D eigenvalue weighted by molar-refractivity contribution is -0.127. The van der Waals surface area contributed by atoms with Crippen LogP contribution in [0.2, 0.25) is 0 Å². The fraction of sp³-hybridized carbons (Fsp3) is 0.611. The predicted octanol–water partition coefficient (Wildman–Crippen LogP) is 3.42. The minimum Gasteiger partial charge on any atom is -0.490 e. The molecule has 1 atom stereocenters. The molecule has 1 N–H and O–H groups in total. The molecular weight excluding hydrogens is 330 g/mol. The summed E-state index contributed by atoms with van der Waals surface area (Å²) in [4.78, 5) is 14.1. The zero-order valence-corrected chi connectivity index (χ0v) is 15.7. The number of benzene rings is 1. The summed E-state index contributed by atoms with van der Waals surface area (Å²) in [6, 6.07) is 4.46. The molecule has 0 heterocycles. The third-order valence-electron chi connectivity index (χ3n) is 3.49. The molecule has 0 saturated heterocycles. The lowest BCUT2D eigenvalue weighted by atomic mass is 10.1. The van der Waals surface area contributed by atoms with Crippen molar-refractivity contribution in [3.8, 4) is 11.5 Å². The molecule has 7 heteroatoms. The van der Waals surface area contributed by atoms with Gasteiger partial charge < -0.3 is 14.8 Å². The van der Waals surface area contributed by atoms with Crippen LogP contribution in [0.15, 0.2) is 18.2 Å². The van der Waals surface area contributed by atoms with Crippen LogP contribution in [0.5, 0.6) is 11.5 Å². The topological polar surface area (TPSA) is 50.8 Å². The van der Waals surface area contributed by atoms with E-state index >= 15 is 0 Å². The van der Waals surface area contributed by atoms with E-state index in [4.69, 9.17) is 4.74 Å². The molecule has 1 rings (SSSR count). The number of carbonyl (C=O) groups excluding carboxylic acids is 1. The number of likely N-dealkylation sites (N-methyl/N-ethyl adjacent to an activating group) is 1. The van der Waals surface area contributed by atoms with Crippen molar-refractivity contribution in [2.24, 2.45) is 0 Å². The van der Waals surface area contributed by atoms with E-state index < -0.39 is 6.61 Å².